The van der Waals surface area contributed by atoms with Crippen LogP contribution in [0.3, 0.4) is 0 Å². The Labute approximate surface area is 103 Å². The monoisotopic (exact) mass is 236 g/mol. The summed E-state index contributed by atoms with van der Waals surface area (Å²) >= 11 is 0. The van der Waals surface area contributed by atoms with E-state index in [-0.39, 0.29) is 12.1 Å². The van der Waals surface area contributed by atoms with Crippen molar-refractivity contribution in [1.29, 1.82) is 0 Å². The summed E-state index contributed by atoms with van der Waals surface area (Å²) in [5.41, 5.74) is 1.09. The van der Waals surface area contributed by atoms with Crippen molar-refractivity contribution in [1.82, 2.24) is 0 Å². The van der Waals surface area contributed by atoms with Gasteiger partial charge >= 0.3 is 0 Å². The second-order valence-corrected chi connectivity index (χ2v) is 4.80. The first kappa shape index (κ1) is 13.7. The highest BCUT2D eigenvalue weighted by Gasteiger charge is 2.19. The summed E-state index contributed by atoms with van der Waals surface area (Å²) in [6.07, 6.45) is 1.73. The summed E-state index contributed by atoms with van der Waals surface area (Å²) in [5, 5.41) is 11.3. The number of hydrogen-bond acceptors (Lipinski definition) is 2. The van der Waals surface area contributed by atoms with Crippen molar-refractivity contribution in [2.24, 2.45) is 0 Å². The fourth-order valence-electron chi connectivity index (χ4n) is 1.34. The average molecular weight is 236 g/mol. The summed E-state index contributed by atoms with van der Waals surface area (Å²) in [4.78, 5) is 0. The Morgan fingerprint density at radius 1 is 1.35 bits per heavy atom. The third-order valence-electron chi connectivity index (χ3n) is 2.59. The van der Waals surface area contributed by atoms with Gasteiger partial charge < -0.3 is 15.2 Å². The smallest absolute Gasteiger partial charge is 0.119 e. The lowest BCUT2D eigenvalue weighted by molar-refractivity contribution is -0.736. The van der Waals surface area contributed by atoms with E-state index >= 15 is 0 Å². The number of rotatable bonds is 7. The quantitative estimate of drug-likeness (QED) is 0.696. The van der Waals surface area contributed by atoms with Crippen LogP contribution in [0.15, 0.2) is 36.9 Å². The maximum absolute atomic E-state index is 9.15. The van der Waals surface area contributed by atoms with Gasteiger partial charge in [-0.2, -0.15) is 0 Å². The van der Waals surface area contributed by atoms with E-state index in [0.29, 0.717) is 6.61 Å². The molecule has 0 saturated heterocycles. The van der Waals surface area contributed by atoms with Gasteiger partial charge in [-0.15, -0.1) is 0 Å². The van der Waals surface area contributed by atoms with Gasteiger partial charge in [0, 0.05) is 5.56 Å². The molecule has 0 saturated carbocycles. The molecule has 0 atom stereocenters. The van der Waals surface area contributed by atoms with E-state index in [0.717, 1.165) is 12.3 Å². The zero-order chi connectivity index (χ0) is 12.7. The minimum atomic E-state index is -0.127. The summed E-state index contributed by atoms with van der Waals surface area (Å²) in [5.74, 6) is 0.857. The van der Waals surface area contributed by atoms with Crippen LogP contribution in [0.5, 0.6) is 5.75 Å². The second kappa shape index (κ2) is 6.42. The van der Waals surface area contributed by atoms with Gasteiger partial charge in [0.25, 0.3) is 0 Å². The molecule has 1 aromatic carbocycles. The zero-order valence-electron chi connectivity index (χ0n) is 10.6. The molecule has 0 amide bonds. The molecule has 0 aliphatic heterocycles. The molecule has 1 rings (SSSR count). The summed E-state index contributed by atoms with van der Waals surface area (Å²) in [6, 6.07) is 8.00. The van der Waals surface area contributed by atoms with Crippen LogP contribution in [0.2, 0.25) is 0 Å². The first-order valence-corrected chi connectivity index (χ1v) is 5.85. The molecule has 0 heterocycles. The molecule has 0 bridgehead atoms. The maximum Gasteiger partial charge on any atom is 0.119 e. The SMILES string of the molecule is C=CCOc1ccc(C[NH2+]C(C)(C)CO)cc1. The van der Waals surface area contributed by atoms with Crippen LogP contribution < -0.4 is 10.1 Å². The maximum atomic E-state index is 9.15. The van der Waals surface area contributed by atoms with E-state index in [4.69, 9.17) is 9.84 Å². The Hall–Kier alpha value is -1.32. The minimum Gasteiger partial charge on any atom is -0.490 e. The number of aliphatic hydroxyl groups is 1. The third kappa shape index (κ3) is 5.02. The van der Waals surface area contributed by atoms with Crippen molar-refractivity contribution >= 4 is 0 Å². The van der Waals surface area contributed by atoms with Crippen molar-refractivity contribution in [3.63, 3.8) is 0 Å². The number of quaternary nitrogens is 1. The molecule has 0 unspecified atom stereocenters. The van der Waals surface area contributed by atoms with Crippen molar-refractivity contribution in [2.75, 3.05) is 13.2 Å². The lowest BCUT2D eigenvalue weighted by Gasteiger charge is -2.19. The largest absolute Gasteiger partial charge is 0.490 e. The molecule has 3 heteroatoms. The normalized spacial score (nSPS) is 11.2. The molecular formula is C14H22NO2+. The highest BCUT2D eigenvalue weighted by Crippen LogP contribution is 2.11. The van der Waals surface area contributed by atoms with Gasteiger partial charge in [-0.3, -0.25) is 0 Å². The van der Waals surface area contributed by atoms with Gasteiger partial charge in [-0.25, -0.2) is 0 Å². The lowest BCUT2D eigenvalue weighted by Crippen LogP contribution is -2.95. The van der Waals surface area contributed by atoms with E-state index in [9.17, 15) is 0 Å². The van der Waals surface area contributed by atoms with Crippen LogP contribution in [0.25, 0.3) is 0 Å². The summed E-state index contributed by atoms with van der Waals surface area (Å²) in [7, 11) is 0. The van der Waals surface area contributed by atoms with E-state index in [1.165, 1.54) is 5.56 Å². The van der Waals surface area contributed by atoms with Crippen molar-refractivity contribution in [3.05, 3.63) is 42.5 Å². The molecule has 94 valence electrons. The van der Waals surface area contributed by atoms with Gasteiger partial charge in [-0.1, -0.05) is 12.7 Å². The van der Waals surface area contributed by atoms with E-state index in [2.05, 4.69) is 11.9 Å². The van der Waals surface area contributed by atoms with Crippen LogP contribution in [0, 0.1) is 0 Å². The van der Waals surface area contributed by atoms with Crippen LogP contribution in [-0.2, 0) is 6.54 Å². The minimum absolute atomic E-state index is 0.127. The van der Waals surface area contributed by atoms with Gasteiger partial charge in [0.1, 0.15) is 24.4 Å². The van der Waals surface area contributed by atoms with Crippen LogP contribution in [0.1, 0.15) is 19.4 Å². The number of aliphatic hydroxyl groups excluding tert-OH is 1. The first-order chi connectivity index (χ1) is 8.07. The van der Waals surface area contributed by atoms with Crippen molar-refractivity contribution < 1.29 is 15.2 Å². The third-order valence-corrected chi connectivity index (χ3v) is 2.59. The topological polar surface area (TPSA) is 46.1 Å². The van der Waals surface area contributed by atoms with Gasteiger partial charge in [0.15, 0.2) is 0 Å². The lowest BCUT2D eigenvalue weighted by atomic mass is 10.1. The van der Waals surface area contributed by atoms with Crippen LogP contribution >= 0.6 is 0 Å². The molecule has 0 aromatic heterocycles. The Morgan fingerprint density at radius 2 is 2.00 bits per heavy atom. The Morgan fingerprint density at radius 3 is 2.53 bits per heavy atom. The van der Waals surface area contributed by atoms with Gasteiger partial charge in [0.05, 0.1) is 6.61 Å². The molecule has 17 heavy (non-hydrogen) atoms. The Balaban J connectivity index is 2.48. The van der Waals surface area contributed by atoms with Gasteiger partial charge in [0.2, 0.25) is 0 Å². The molecule has 0 fully saturated rings. The predicted molar refractivity (Wildman–Crippen MR) is 68.9 cm³/mol. The molecule has 0 aliphatic rings. The van der Waals surface area contributed by atoms with Crippen LogP contribution in [0.4, 0.5) is 0 Å². The van der Waals surface area contributed by atoms with E-state index in [1.54, 1.807) is 6.08 Å². The standard InChI is InChI=1S/C14H21NO2/c1-4-9-17-13-7-5-12(6-8-13)10-15-14(2,3)11-16/h4-8,15-16H,1,9-11H2,2-3H3/p+1. The molecule has 3 nitrogen and oxygen atoms in total. The number of benzene rings is 1. The van der Waals surface area contributed by atoms with Gasteiger partial charge in [-0.05, 0) is 38.1 Å². The average Bonchev–Trinajstić information content (AvgIpc) is 2.35. The number of hydrogen-bond donors (Lipinski definition) is 2. The number of ether oxygens (including phenoxy) is 1. The zero-order valence-corrected chi connectivity index (χ0v) is 10.6. The molecule has 0 aliphatic carbocycles. The highest BCUT2D eigenvalue weighted by atomic mass is 16.5. The van der Waals surface area contributed by atoms with Crippen molar-refractivity contribution in [2.45, 2.75) is 25.9 Å². The molecule has 1 aromatic rings. The van der Waals surface area contributed by atoms with Crippen molar-refractivity contribution in [3.8, 4) is 5.75 Å². The fraction of sp³-hybridized carbons (Fsp3) is 0.429. The molecule has 0 radical (unpaired) electrons. The first-order valence-electron chi connectivity index (χ1n) is 5.85. The van der Waals surface area contributed by atoms with Crippen LogP contribution in [-0.4, -0.2) is 23.9 Å². The highest BCUT2D eigenvalue weighted by molar-refractivity contribution is 5.26. The molecular weight excluding hydrogens is 214 g/mol. The summed E-state index contributed by atoms with van der Waals surface area (Å²) in [6.45, 7) is 9.21. The fourth-order valence-corrected chi connectivity index (χ4v) is 1.34. The second-order valence-electron chi connectivity index (χ2n) is 4.80. The van der Waals surface area contributed by atoms with E-state index in [1.807, 2.05) is 38.1 Å². The Kier molecular flexibility index (Phi) is 5.19. The Bertz CT molecular complexity index is 344. The molecule has 0 spiro atoms. The number of nitrogens with two attached hydrogens (primary N) is 1. The molecule has 3 N–H and O–H groups in total. The summed E-state index contributed by atoms with van der Waals surface area (Å²) < 4.78 is 5.41. The van der Waals surface area contributed by atoms with E-state index < -0.39 is 0 Å². The predicted octanol–water partition coefficient (Wildman–Crippen LogP) is 1.09.